The summed E-state index contributed by atoms with van der Waals surface area (Å²) in [5.74, 6) is 2.39. The maximum absolute atomic E-state index is 14.0. The van der Waals surface area contributed by atoms with Crippen LogP contribution in [0, 0.1) is 23.2 Å². The Labute approximate surface area is 265 Å². The number of anilines is 2. The van der Waals surface area contributed by atoms with Gasteiger partial charge in [-0.1, -0.05) is 6.92 Å². The van der Waals surface area contributed by atoms with Crippen LogP contribution >= 0.6 is 12.2 Å². The van der Waals surface area contributed by atoms with Crippen LogP contribution in [0.4, 0.5) is 11.4 Å². The number of rotatable bonds is 12. The SMILES string of the molecule is CCCOc1ccc(NC(=O)CC2C(=O)N(c3ccc(C(=O)OCC)cc3)C(=S)N2CCC23CC4CC(CC(C4)C2)C3)cc1. The van der Waals surface area contributed by atoms with E-state index < -0.39 is 12.0 Å². The number of ether oxygens (including phenoxy) is 2. The maximum Gasteiger partial charge on any atom is 0.338 e. The molecule has 4 aliphatic carbocycles. The van der Waals surface area contributed by atoms with E-state index in [1.54, 1.807) is 31.2 Å². The number of carbonyl (C=O) groups excluding carboxylic acids is 3. The molecule has 1 N–H and O–H groups in total. The highest BCUT2D eigenvalue weighted by molar-refractivity contribution is 7.80. The van der Waals surface area contributed by atoms with Crippen molar-refractivity contribution in [3.63, 3.8) is 0 Å². The van der Waals surface area contributed by atoms with E-state index in [9.17, 15) is 14.4 Å². The molecule has 8 nitrogen and oxygen atoms in total. The highest BCUT2D eigenvalue weighted by Crippen LogP contribution is 2.61. The average Bonchev–Trinajstić information content (AvgIpc) is 3.23. The summed E-state index contributed by atoms with van der Waals surface area (Å²) in [4.78, 5) is 43.1. The van der Waals surface area contributed by atoms with Gasteiger partial charge in [0, 0.05) is 12.2 Å². The second-order valence-electron chi connectivity index (χ2n) is 13.2. The summed E-state index contributed by atoms with van der Waals surface area (Å²) in [5.41, 5.74) is 1.96. The summed E-state index contributed by atoms with van der Waals surface area (Å²) in [6, 6.07) is 13.3. The molecule has 0 aromatic heterocycles. The third kappa shape index (κ3) is 6.34. The van der Waals surface area contributed by atoms with Gasteiger partial charge in [-0.05, 0) is 142 Å². The van der Waals surface area contributed by atoms with E-state index in [0.29, 0.717) is 40.6 Å². The number of nitrogens with zero attached hydrogens (tertiary/aromatic N) is 2. The molecule has 1 atom stereocenters. The molecule has 1 aliphatic heterocycles. The molecule has 234 valence electrons. The van der Waals surface area contributed by atoms with E-state index in [1.165, 1.54) is 43.4 Å². The zero-order valence-corrected chi connectivity index (χ0v) is 26.6. The van der Waals surface area contributed by atoms with Crippen LogP contribution in [-0.4, -0.2) is 53.6 Å². The predicted octanol–water partition coefficient (Wildman–Crippen LogP) is 6.59. The van der Waals surface area contributed by atoms with E-state index >= 15 is 0 Å². The van der Waals surface area contributed by atoms with Crippen LogP contribution in [0.5, 0.6) is 5.75 Å². The van der Waals surface area contributed by atoms with Gasteiger partial charge in [0.2, 0.25) is 5.91 Å². The minimum absolute atomic E-state index is 0.00859. The van der Waals surface area contributed by atoms with E-state index in [0.717, 1.165) is 36.3 Å². The average molecular weight is 618 g/mol. The summed E-state index contributed by atoms with van der Waals surface area (Å²) in [7, 11) is 0. The zero-order valence-electron chi connectivity index (χ0n) is 25.8. The van der Waals surface area contributed by atoms with Gasteiger partial charge in [-0.25, -0.2) is 4.79 Å². The summed E-state index contributed by atoms with van der Waals surface area (Å²) in [6.07, 6.45) is 9.85. The molecule has 0 spiro atoms. The third-order valence-corrected chi connectivity index (χ3v) is 10.4. The maximum atomic E-state index is 14.0. The number of esters is 1. The molecular formula is C35H43N3O5S. The molecule has 5 aliphatic rings. The molecule has 7 rings (SSSR count). The van der Waals surface area contributed by atoms with Crippen molar-refractivity contribution >= 4 is 46.5 Å². The fourth-order valence-electron chi connectivity index (χ4n) is 8.48. The van der Waals surface area contributed by atoms with E-state index in [1.807, 2.05) is 29.2 Å². The van der Waals surface area contributed by atoms with Gasteiger partial charge in [-0.15, -0.1) is 0 Å². The highest BCUT2D eigenvalue weighted by Gasteiger charge is 2.52. The lowest BCUT2D eigenvalue weighted by atomic mass is 9.49. The fourth-order valence-corrected chi connectivity index (χ4v) is 8.90. The van der Waals surface area contributed by atoms with E-state index in [-0.39, 0.29) is 24.8 Å². The second-order valence-corrected chi connectivity index (χ2v) is 13.6. The highest BCUT2D eigenvalue weighted by atomic mass is 32.1. The van der Waals surface area contributed by atoms with Crippen LogP contribution in [0.15, 0.2) is 48.5 Å². The molecule has 4 bridgehead atoms. The van der Waals surface area contributed by atoms with Crippen molar-refractivity contribution < 1.29 is 23.9 Å². The van der Waals surface area contributed by atoms with Crippen LogP contribution in [-0.2, 0) is 14.3 Å². The van der Waals surface area contributed by atoms with Crippen molar-refractivity contribution in [2.45, 2.75) is 77.7 Å². The lowest BCUT2D eigenvalue weighted by Crippen LogP contribution is -2.48. The van der Waals surface area contributed by atoms with Gasteiger partial charge in [-0.3, -0.25) is 14.5 Å². The van der Waals surface area contributed by atoms with Gasteiger partial charge >= 0.3 is 5.97 Å². The number of carbonyl (C=O) groups is 3. The van der Waals surface area contributed by atoms with Gasteiger partial charge in [0.15, 0.2) is 5.11 Å². The van der Waals surface area contributed by atoms with Gasteiger partial charge in [0.05, 0.1) is 30.9 Å². The Morgan fingerprint density at radius 3 is 2.18 bits per heavy atom. The Morgan fingerprint density at radius 2 is 1.59 bits per heavy atom. The molecule has 1 saturated heterocycles. The topological polar surface area (TPSA) is 88.2 Å². The number of hydrogen-bond acceptors (Lipinski definition) is 6. The molecule has 4 saturated carbocycles. The Hall–Kier alpha value is -3.46. The normalized spacial score (nSPS) is 27.1. The van der Waals surface area contributed by atoms with Crippen LogP contribution in [0.25, 0.3) is 0 Å². The number of nitrogens with one attached hydrogen (secondary N) is 1. The number of hydrogen-bond donors (Lipinski definition) is 1. The molecule has 0 radical (unpaired) electrons. The molecule has 5 fully saturated rings. The van der Waals surface area contributed by atoms with Crippen molar-refractivity contribution in [3.8, 4) is 5.75 Å². The number of amides is 2. The first-order valence-corrected chi connectivity index (χ1v) is 16.6. The van der Waals surface area contributed by atoms with Gasteiger partial charge < -0.3 is 19.7 Å². The fraction of sp³-hybridized carbons (Fsp3) is 0.543. The molecular weight excluding hydrogens is 574 g/mol. The smallest absolute Gasteiger partial charge is 0.338 e. The van der Waals surface area contributed by atoms with Crippen molar-refractivity contribution in [2.75, 3.05) is 30.0 Å². The Balaban J connectivity index is 1.19. The number of thiocarbonyl (C=S) groups is 1. The molecule has 2 aromatic rings. The molecule has 9 heteroatoms. The second kappa shape index (κ2) is 12.9. The quantitative estimate of drug-likeness (QED) is 0.212. The minimum atomic E-state index is -0.701. The minimum Gasteiger partial charge on any atom is -0.494 e. The zero-order chi connectivity index (χ0) is 30.8. The standard InChI is InChI=1S/C35H43N3O5S/c1-3-15-43-29-11-7-27(8-12-29)36-31(39)19-30-32(40)38(28-9-5-26(6-10-28)33(41)42-4-2)34(44)37(30)14-13-35-20-23-16-24(21-35)18-25(17-23)22-35/h5-12,23-25,30H,3-4,13-22H2,1-2H3,(H,36,39). The van der Waals surface area contributed by atoms with Crippen molar-refractivity contribution in [1.82, 2.24) is 4.90 Å². The summed E-state index contributed by atoms with van der Waals surface area (Å²) < 4.78 is 10.8. The molecule has 44 heavy (non-hydrogen) atoms. The molecule has 2 aromatic carbocycles. The van der Waals surface area contributed by atoms with Gasteiger partial charge in [0.25, 0.3) is 5.91 Å². The summed E-state index contributed by atoms with van der Waals surface area (Å²) in [6.45, 7) is 5.39. The van der Waals surface area contributed by atoms with E-state index in [2.05, 4.69) is 12.2 Å². The molecule has 1 heterocycles. The Kier molecular flexibility index (Phi) is 8.94. The monoisotopic (exact) mass is 617 g/mol. The van der Waals surface area contributed by atoms with Crippen LogP contribution in [0.1, 0.15) is 82.0 Å². The van der Waals surface area contributed by atoms with Crippen LogP contribution < -0.4 is 15.0 Å². The molecule has 1 unspecified atom stereocenters. The van der Waals surface area contributed by atoms with Gasteiger partial charge in [0.1, 0.15) is 11.8 Å². The first-order chi connectivity index (χ1) is 21.3. The molecule has 2 amide bonds. The first-order valence-electron chi connectivity index (χ1n) is 16.2. The lowest BCUT2D eigenvalue weighted by Gasteiger charge is -2.57. The Bertz CT molecular complexity index is 1360. The lowest BCUT2D eigenvalue weighted by molar-refractivity contribution is -0.124. The number of benzene rings is 2. The van der Waals surface area contributed by atoms with Crippen molar-refractivity contribution in [3.05, 3.63) is 54.1 Å². The van der Waals surface area contributed by atoms with E-state index in [4.69, 9.17) is 21.7 Å². The van der Waals surface area contributed by atoms with Crippen LogP contribution in [0.2, 0.25) is 0 Å². The third-order valence-electron chi connectivity index (χ3n) is 9.99. The Morgan fingerprint density at radius 1 is 0.955 bits per heavy atom. The summed E-state index contributed by atoms with van der Waals surface area (Å²) >= 11 is 5.96. The predicted molar refractivity (Wildman–Crippen MR) is 174 cm³/mol. The van der Waals surface area contributed by atoms with Gasteiger partial charge in [-0.2, -0.15) is 0 Å². The van der Waals surface area contributed by atoms with Crippen LogP contribution in [0.3, 0.4) is 0 Å². The van der Waals surface area contributed by atoms with Crippen molar-refractivity contribution in [1.29, 1.82) is 0 Å². The summed E-state index contributed by atoms with van der Waals surface area (Å²) in [5, 5.41) is 3.37. The van der Waals surface area contributed by atoms with Crippen molar-refractivity contribution in [2.24, 2.45) is 23.2 Å². The largest absolute Gasteiger partial charge is 0.494 e. The first kappa shape index (κ1) is 30.6.